The third-order valence-corrected chi connectivity index (χ3v) is 13.6. The smallest absolute Gasteiger partial charge is 0.164 e. The Kier molecular flexibility index (Phi) is 8.05. The fourth-order valence-electron chi connectivity index (χ4n) is 9.36. The Balaban J connectivity index is 0.946. The number of para-hydroxylation sites is 1. The number of hydrogen-bond acceptors (Lipinski definition) is 5. The van der Waals surface area contributed by atoms with E-state index in [1.165, 1.54) is 52.5 Å². The van der Waals surface area contributed by atoms with Gasteiger partial charge in [0, 0.05) is 58.6 Å². The zero-order valence-corrected chi connectivity index (χ0v) is 34.6. The molecule has 5 heteroatoms. The highest BCUT2D eigenvalue weighted by molar-refractivity contribution is 7.26. The Bertz CT molecular complexity index is 3880. The van der Waals surface area contributed by atoms with Gasteiger partial charge >= 0.3 is 0 Å². The number of thiophene rings is 1. The molecule has 13 rings (SSSR count). The molecule has 63 heavy (non-hydrogen) atoms. The standard InChI is InChI=1S/C58H34N4S/c1-3-13-40-32-43(26-22-35(40)10-1)57-60-56(61-58(62-57)44-27-23-36-11-2-4-14-41(36)33-44)39-24-20-37(21-25-39)42-28-30-51-49(34-42)54-52(63-51)31-29-48-53(54)47-17-7-8-19-50(47)59-55(48)46-18-9-15-38-12-5-6-16-45(38)46/h1-34H. The normalized spacial score (nSPS) is 11.8. The molecule has 0 amide bonds. The minimum atomic E-state index is 0.635. The second-order valence-corrected chi connectivity index (χ2v) is 17.3. The maximum atomic E-state index is 5.35. The number of benzene rings is 10. The van der Waals surface area contributed by atoms with Crippen molar-refractivity contribution in [3.63, 3.8) is 0 Å². The molecule has 0 fully saturated rings. The number of nitrogens with zero attached hydrogens (tertiary/aromatic N) is 4. The van der Waals surface area contributed by atoms with Crippen molar-refractivity contribution in [3.05, 3.63) is 206 Å². The molecule has 3 heterocycles. The number of aromatic nitrogens is 4. The van der Waals surface area contributed by atoms with Crippen LogP contribution in [0.1, 0.15) is 0 Å². The van der Waals surface area contributed by atoms with Gasteiger partial charge in [0.15, 0.2) is 17.5 Å². The lowest BCUT2D eigenvalue weighted by Gasteiger charge is -2.13. The minimum Gasteiger partial charge on any atom is -0.247 e. The molecule has 4 nitrogen and oxygen atoms in total. The Hall–Kier alpha value is -8.12. The van der Waals surface area contributed by atoms with Crippen LogP contribution in [0.5, 0.6) is 0 Å². The highest BCUT2D eigenvalue weighted by Gasteiger charge is 2.19. The topological polar surface area (TPSA) is 51.6 Å². The Morgan fingerprint density at radius 3 is 1.54 bits per heavy atom. The second-order valence-electron chi connectivity index (χ2n) is 16.2. The van der Waals surface area contributed by atoms with E-state index in [1.54, 1.807) is 0 Å². The van der Waals surface area contributed by atoms with Crippen LogP contribution in [0.3, 0.4) is 0 Å². The van der Waals surface area contributed by atoms with Gasteiger partial charge in [-0.3, -0.25) is 0 Å². The van der Waals surface area contributed by atoms with Crippen LogP contribution in [0.15, 0.2) is 206 Å². The zero-order valence-electron chi connectivity index (χ0n) is 33.8. The van der Waals surface area contributed by atoms with E-state index in [1.807, 2.05) is 11.3 Å². The van der Waals surface area contributed by atoms with Gasteiger partial charge in [0.2, 0.25) is 0 Å². The first-order chi connectivity index (χ1) is 31.2. The van der Waals surface area contributed by atoms with Gasteiger partial charge in [-0.05, 0) is 79.8 Å². The van der Waals surface area contributed by atoms with E-state index in [4.69, 9.17) is 19.9 Å². The molecule has 0 aliphatic carbocycles. The lowest BCUT2D eigenvalue weighted by molar-refractivity contribution is 1.08. The number of rotatable bonds is 5. The highest BCUT2D eigenvalue weighted by Crippen LogP contribution is 2.45. The van der Waals surface area contributed by atoms with E-state index < -0.39 is 0 Å². The van der Waals surface area contributed by atoms with Crippen LogP contribution in [-0.4, -0.2) is 19.9 Å². The predicted molar refractivity (Wildman–Crippen MR) is 265 cm³/mol. The summed E-state index contributed by atoms with van der Waals surface area (Å²) in [5.74, 6) is 1.92. The Morgan fingerprint density at radius 1 is 0.286 bits per heavy atom. The summed E-state index contributed by atoms with van der Waals surface area (Å²) >= 11 is 1.85. The van der Waals surface area contributed by atoms with Gasteiger partial charge in [-0.15, -0.1) is 11.3 Å². The molecular formula is C58H34N4S. The van der Waals surface area contributed by atoms with Gasteiger partial charge < -0.3 is 0 Å². The molecule has 0 aliphatic heterocycles. The molecule has 0 atom stereocenters. The summed E-state index contributed by atoms with van der Waals surface area (Å²) in [6.45, 7) is 0. The molecule has 13 aromatic rings. The molecule has 0 saturated carbocycles. The number of pyridine rings is 1. The van der Waals surface area contributed by atoms with E-state index in [-0.39, 0.29) is 0 Å². The lowest BCUT2D eigenvalue weighted by atomic mass is 9.93. The third-order valence-electron chi connectivity index (χ3n) is 12.5. The van der Waals surface area contributed by atoms with Gasteiger partial charge in [-0.1, -0.05) is 170 Å². The summed E-state index contributed by atoms with van der Waals surface area (Å²) in [4.78, 5) is 20.7. The Morgan fingerprint density at radius 2 is 0.825 bits per heavy atom. The van der Waals surface area contributed by atoms with E-state index in [2.05, 4.69) is 206 Å². The van der Waals surface area contributed by atoms with Crippen molar-refractivity contribution in [1.29, 1.82) is 0 Å². The molecule has 10 aromatic carbocycles. The second kappa shape index (κ2) is 14.2. The average molecular weight is 819 g/mol. The van der Waals surface area contributed by atoms with Crippen LogP contribution in [0.2, 0.25) is 0 Å². The van der Waals surface area contributed by atoms with Gasteiger partial charge in [0.1, 0.15) is 0 Å². The van der Waals surface area contributed by atoms with Gasteiger partial charge in [0.25, 0.3) is 0 Å². The van der Waals surface area contributed by atoms with Crippen LogP contribution in [0.25, 0.3) is 131 Å². The molecule has 0 aliphatic rings. The molecule has 0 unspecified atom stereocenters. The molecule has 0 radical (unpaired) electrons. The minimum absolute atomic E-state index is 0.635. The van der Waals surface area contributed by atoms with Crippen molar-refractivity contribution < 1.29 is 0 Å². The average Bonchev–Trinajstić information content (AvgIpc) is 3.74. The van der Waals surface area contributed by atoms with Crippen LogP contribution in [0, 0.1) is 0 Å². The number of hydrogen-bond donors (Lipinski definition) is 0. The van der Waals surface area contributed by atoms with Crippen molar-refractivity contribution in [2.24, 2.45) is 0 Å². The fourth-order valence-corrected chi connectivity index (χ4v) is 10.5. The molecule has 0 N–H and O–H groups in total. The summed E-state index contributed by atoms with van der Waals surface area (Å²) < 4.78 is 2.53. The summed E-state index contributed by atoms with van der Waals surface area (Å²) in [6, 6.07) is 73.4. The lowest BCUT2D eigenvalue weighted by Crippen LogP contribution is -2.00. The predicted octanol–water partition coefficient (Wildman–Crippen LogP) is 15.7. The first-order valence-corrected chi connectivity index (χ1v) is 22.0. The Labute approximate surface area is 366 Å². The van der Waals surface area contributed by atoms with E-state index in [0.29, 0.717) is 17.5 Å². The van der Waals surface area contributed by atoms with Gasteiger partial charge in [0.05, 0.1) is 11.2 Å². The molecule has 3 aromatic heterocycles. The molecule has 292 valence electrons. The highest BCUT2D eigenvalue weighted by atomic mass is 32.1. The fraction of sp³-hybridized carbons (Fsp3) is 0. The monoisotopic (exact) mass is 818 g/mol. The summed E-state index contributed by atoms with van der Waals surface area (Å²) in [6.07, 6.45) is 0. The van der Waals surface area contributed by atoms with Crippen molar-refractivity contribution in [3.8, 4) is 56.5 Å². The SMILES string of the molecule is c1ccc2cc(-c3nc(-c4ccc(-c5ccc6sc7ccc8c(-c9cccc%10ccccc9%10)nc9ccccc9c8c7c6c5)cc4)nc(-c4ccc5ccccc5c4)n3)ccc2c1. The first kappa shape index (κ1) is 35.6. The number of fused-ring (bicyclic) bond motifs is 10. The summed E-state index contributed by atoms with van der Waals surface area (Å²) in [5, 5.41) is 13.2. The molecule has 0 spiro atoms. The van der Waals surface area contributed by atoms with Crippen molar-refractivity contribution in [2.45, 2.75) is 0 Å². The molecule has 0 saturated heterocycles. The van der Waals surface area contributed by atoms with Crippen LogP contribution < -0.4 is 0 Å². The molecular weight excluding hydrogens is 785 g/mol. The van der Waals surface area contributed by atoms with Crippen LogP contribution in [0.4, 0.5) is 0 Å². The van der Waals surface area contributed by atoms with Crippen LogP contribution in [-0.2, 0) is 0 Å². The van der Waals surface area contributed by atoms with E-state index in [9.17, 15) is 0 Å². The van der Waals surface area contributed by atoms with Crippen molar-refractivity contribution in [1.82, 2.24) is 19.9 Å². The van der Waals surface area contributed by atoms with E-state index >= 15 is 0 Å². The third kappa shape index (κ3) is 5.97. The van der Waals surface area contributed by atoms with Crippen molar-refractivity contribution >= 4 is 85.5 Å². The zero-order chi connectivity index (χ0) is 41.4. The first-order valence-electron chi connectivity index (χ1n) is 21.2. The van der Waals surface area contributed by atoms with Crippen molar-refractivity contribution in [2.75, 3.05) is 0 Å². The maximum absolute atomic E-state index is 5.35. The summed E-state index contributed by atoms with van der Waals surface area (Å²) in [7, 11) is 0. The van der Waals surface area contributed by atoms with Crippen LogP contribution >= 0.6 is 11.3 Å². The summed E-state index contributed by atoms with van der Waals surface area (Å²) in [5.41, 5.74) is 8.27. The largest absolute Gasteiger partial charge is 0.247 e. The quantitative estimate of drug-likeness (QED) is 0.162. The van der Waals surface area contributed by atoms with E-state index in [0.717, 1.165) is 60.8 Å². The van der Waals surface area contributed by atoms with Gasteiger partial charge in [-0.25, -0.2) is 19.9 Å². The van der Waals surface area contributed by atoms with Gasteiger partial charge in [-0.2, -0.15) is 0 Å². The molecule has 0 bridgehead atoms. The maximum Gasteiger partial charge on any atom is 0.164 e.